The number of nitrogens with zero attached hydrogens (tertiary/aromatic N) is 2. The minimum atomic E-state index is -0.863. The Labute approximate surface area is 123 Å². The molecule has 0 spiro atoms. The van der Waals surface area contributed by atoms with E-state index in [0.29, 0.717) is 25.4 Å². The summed E-state index contributed by atoms with van der Waals surface area (Å²) in [5.74, 6) is 0. The highest BCUT2D eigenvalue weighted by Gasteiger charge is 2.22. The lowest BCUT2D eigenvalue weighted by molar-refractivity contribution is 0.0287. The zero-order valence-electron chi connectivity index (χ0n) is 11.7. The van der Waals surface area contributed by atoms with Crippen molar-refractivity contribution in [2.45, 2.75) is 0 Å². The number of amides is 3. The number of urea groups is 1. The molecule has 0 atom stereocenters. The molecule has 1 saturated heterocycles. The highest BCUT2D eigenvalue weighted by atomic mass is 16.6. The van der Waals surface area contributed by atoms with E-state index in [2.05, 4.69) is 4.90 Å². The van der Waals surface area contributed by atoms with Crippen LogP contribution in [-0.2, 0) is 9.47 Å². The van der Waals surface area contributed by atoms with Crippen LogP contribution in [0.15, 0.2) is 30.3 Å². The fraction of sp³-hybridized carbons (Fsp3) is 0.429. The Morgan fingerprint density at radius 3 is 2.52 bits per heavy atom. The van der Waals surface area contributed by atoms with E-state index in [0.717, 1.165) is 18.0 Å². The molecule has 0 bridgehead atoms. The summed E-state index contributed by atoms with van der Waals surface area (Å²) in [6.07, 6.45) is -0.762. The summed E-state index contributed by atoms with van der Waals surface area (Å²) in [7, 11) is 0. The summed E-state index contributed by atoms with van der Waals surface area (Å²) < 4.78 is 10.4. The lowest BCUT2D eigenvalue weighted by Gasteiger charge is -2.26. The van der Waals surface area contributed by atoms with Crippen LogP contribution < -0.4 is 10.6 Å². The molecule has 0 aliphatic carbocycles. The molecule has 1 aromatic carbocycles. The molecule has 0 radical (unpaired) electrons. The number of ether oxygens (including phenoxy) is 2. The fourth-order valence-corrected chi connectivity index (χ4v) is 2.05. The van der Waals surface area contributed by atoms with Crippen molar-refractivity contribution in [3.05, 3.63) is 30.3 Å². The third kappa shape index (κ3) is 4.44. The van der Waals surface area contributed by atoms with Crippen molar-refractivity contribution in [2.75, 3.05) is 44.4 Å². The smallest absolute Gasteiger partial charge is 0.422 e. The molecule has 2 rings (SSSR count). The molecule has 114 valence electrons. The van der Waals surface area contributed by atoms with Gasteiger partial charge in [-0.15, -0.1) is 0 Å². The Hall–Kier alpha value is -2.12. The molecule has 1 aliphatic heterocycles. The zero-order chi connectivity index (χ0) is 15.1. The number of carbonyl (C=O) groups excluding carboxylic acids is 2. The number of morpholine rings is 1. The fourth-order valence-electron chi connectivity index (χ4n) is 2.05. The van der Waals surface area contributed by atoms with E-state index in [4.69, 9.17) is 15.2 Å². The summed E-state index contributed by atoms with van der Waals surface area (Å²) >= 11 is 0. The number of benzene rings is 1. The number of para-hydroxylation sites is 1. The second-order valence-electron chi connectivity index (χ2n) is 4.58. The average Bonchev–Trinajstić information content (AvgIpc) is 2.49. The van der Waals surface area contributed by atoms with Gasteiger partial charge in [0.1, 0.15) is 6.61 Å². The lowest BCUT2D eigenvalue weighted by atomic mass is 10.3. The number of rotatable bonds is 4. The third-order valence-electron chi connectivity index (χ3n) is 3.15. The van der Waals surface area contributed by atoms with Gasteiger partial charge in [-0.2, -0.15) is 4.90 Å². The first kappa shape index (κ1) is 15.3. The molecule has 7 nitrogen and oxygen atoms in total. The number of hydrogen-bond donors (Lipinski definition) is 1. The van der Waals surface area contributed by atoms with Crippen LogP contribution in [0.3, 0.4) is 0 Å². The van der Waals surface area contributed by atoms with E-state index in [9.17, 15) is 9.59 Å². The average molecular weight is 293 g/mol. The van der Waals surface area contributed by atoms with Crippen LogP contribution in [-0.4, -0.2) is 56.5 Å². The van der Waals surface area contributed by atoms with Crippen molar-refractivity contribution < 1.29 is 19.1 Å². The van der Waals surface area contributed by atoms with E-state index < -0.39 is 12.1 Å². The molecule has 21 heavy (non-hydrogen) atoms. The molecule has 3 amide bonds. The Balaban J connectivity index is 1.86. The molecule has 0 saturated carbocycles. The van der Waals surface area contributed by atoms with Crippen LogP contribution in [0.2, 0.25) is 0 Å². The standard InChI is InChI=1S/C14H19N3O4/c15-13(18)17(12-4-2-1-3-5-12)14(19)21-11-8-16-6-9-20-10-7-16/h1-5H,6-11H2,(H2,15,18). The highest BCUT2D eigenvalue weighted by Crippen LogP contribution is 2.14. The van der Waals surface area contributed by atoms with Crippen LogP contribution in [0.1, 0.15) is 0 Å². The number of primary amides is 1. The SMILES string of the molecule is NC(=O)N(C(=O)OCCN1CCOCC1)c1ccccc1. The van der Waals surface area contributed by atoms with Gasteiger partial charge in [0, 0.05) is 19.6 Å². The molecular formula is C14H19N3O4. The first-order chi connectivity index (χ1) is 10.2. The van der Waals surface area contributed by atoms with Gasteiger partial charge < -0.3 is 15.2 Å². The van der Waals surface area contributed by atoms with Crippen LogP contribution in [0.25, 0.3) is 0 Å². The molecule has 2 N–H and O–H groups in total. The summed E-state index contributed by atoms with van der Waals surface area (Å²) in [6.45, 7) is 3.81. The maximum Gasteiger partial charge on any atom is 0.422 e. The van der Waals surface area contributed by atoms with Crippen molar-refractivity contribution in [2.24, 2.45) is 5.73 Å². The normalized spacial score (nSPS) is 15.4. The van der Waals surface area contributed by atoms with Crippen LogP contribution in [0.4, 0.5) is 15.3 Å². The van der Waals surface area contributed by atoms with Gasteiger partial charge in [-0.05, 0) is 12.1 Å². The number of anilines is 1. The zero-order valence-corrected chi connectivity index (χ0v) is 11.7. The first-order valence-electron chi connectivity index (χ1n) is 6.80. The van der Waals surface area contributed by atoms with Gasteiger partial charge in [0.15, 0.2) is 0 Å². The molecule has 1 fully saturated rings. The number of carbonyl (C=O) groups is 2. The minimum absolute atomic E-state index is 0.204. The second-order valence-corrected chi connectivity index (χ2v) is 4.58. The van der Waals surface area contributed by atoms with Crippen molar-refractivity contribution in [1.82, 2.24) is 4.90 Å². The lowest BCUT2D eigenvalue weighted by Crippen LogP contribution is -2.43. The predicted octanol–water partition coefficient (Wildman–Crippen LogP) is 1.04. The summed E-state index contributed by atoms with van der Waals surface area (Å²) in [4.78, 5) is 26.4. The largest absolute Gasteiger partial charge is 0.447 e. The van der Waals surface area contributed by atoms with E-state index in [1.807, 2.05) is 0 Å². The molecule has 1 aliphatic rings. The summed E-state index contributed by atoms with van der Waals surface area (Å²) in [5.41, 5.74) is 5.63. The molecule has 7 heteroatoms. The van der Waals surface area contributed by atoms with Gasteiger partial charge in [0.05, 0.1) is 18.9 Å². The molecular weight excluding hydrogens is 274 g/mol. The monoisotopic (exact) mass is 293 g/mol. The van der Waals surface area contributed by atoms with Gasteiger partial charge in [-0.1, -0.05) is 18.2 Å². The van der Waals surface area contributed by atoms with Crippen LogP contribution in [0, 0.1) is 0 Å². The van der Waals surface area contributed by atoms with E-state index in [1.54, 1.807) is 30.3 Å². The topological polar surface area (TPSA) is 85.1 Å². The van der Waals surface area contributed by atoms with Crippen molar-refractivity contribution >= 4 is 17.8 Å². The van der Waals surface area contributed by atoms with Gasteiger partial charge in [0.25, 0.3) is 0 Å². The van der Waals surface area contributed by atoms with Gasteiger partial charge in [-0.25, -0.2) is 9.59 Å². The molecule has 1 heterocycles. The summed E-state index contributed by atoms with van der Waals surface area (Å²) in [5, 5.41) is 0. The minimum Gasteiger partial charge on any atom is -0.447 e. The van der Waals surface area contributed by atoms with Crippen LogP contribution in [0.5, 0.6) is 0 Å². The van der Waals surface area contributed by atoms with Crippen molar-refractivity contribution in [1.29, 1.82) is 0 Å². The Morgan fingerprint density at radius 2 is 1.90 bits per heavy atom. The van der Waals surface area contributed by atoms with Crippen molar-refractivity contribution in [3.8, 4) is 0 Å². The van der Waals surface area contributed by atoms with E-state index >= 15 is 0 Å². The third-order valence-corrected chi connectivity index (χ3v) is 3.15. The van der Waals surface area contributed by atoms with Gasteiger partial charge in [0.2, 0.25) is 0 Å². The van der Waals surface area contributed by atoms with Crippen molar-refractivity contribution in [3.63, 3.8) is 0 Å². The van der Waals surface area contributed by atoms with E-state index in [-0.39, 0.29) is 6.61 Å². The number of imide groups is 1. The maximum atomic E-state index is 12.0. The number of nitrogens with two attached hydrogens (primary N) is 1. The van der Waals surface area contributed by atoms with Crippen LogP contribution >= 0.6 is 0 Å². The highest BCUT2D eigenvalue weighted by molar-refractivity contribution is 6.10. The van der Waals surface area contributed by atoms with E-state index in [1.165, 1.54) is 0 Å². The Morgan fingerprint density at radius 1 is 1.24 bits per heavy atom. The quantitative estimate of drug-likeness (QED) is 0.896. The Bertz CT molecular complexity index is 474. The maximum absolute atomic E-state index is 12.0. The number of hydrogen-bond acceptors (Lipinski definition) is 5. The molecule has 1 aromatic rings. The molecule has 0 unspecified atom stereocenters. The Kier molecular flexibility index (Phi) is 5.53. The summed E-state index contributed by atoms with van der Waals surface area (Å²) in [6, 6.07) is 7.59. The van der Waals surface area contributed by atoms with Gasteiger partial charge in [-0.3, -0.25) is 4.90 Å². The first-order valence-corrected chi connectivity index (χ1v) is 6.80. The molecule has 0 aromatic heterocycles. The second kappa shape index (κ2) is 7.61. The van der Waals surface area contributed by atoms with Gasteiger partial charge >= 0.3 is 12.1 Å². The predicted molar refractivity (Wildman–Crippen MR) is 77.1 cm³/mol.